The average molecular weight is 435 g/mol. The number of benzene rings is 2. The first kappa shape index (κ1) is 21.4. The van der Waals surface area contributed by atoms with E-state index in [9.17, 15) is 4.79 Å². The van der Waals surface area contributed by atoms with Crippen LogP contribution in [-0.2, 0) is 19.4 Å². The summed E-state index contributed by atoms with van der Waals surface area (Å²) in [7, 11) is 1.68. The molecule has 2 aromatic carbocycles. The number of amides is 2. The van der Waals surface area contributed by atoms with Crippen LogP contribution in [0.25, 0.3) is 0 Å². The van der Waals surface area contributed by atoms with Crippen LogP contribution >= 0.6 is 11.3 Å². The minimum absolute atomic E-state index is 0.0175. The summed E-state index contributed by atoms with van der Waals surface area (Å²) in [5.74, 6) is 0.826. The van der Waals surface area contributed by atoms with Crippen LogP contribution < -0.4 is 10.1 Å². The van der Waals surface area contributed by atoms with Gasteiger partial charge in [0.25, 0.3) is 0 Å². The third-order valence-electron chi connectivity index (χ3n) is 6.12. The average Bonchev–Trinajstić information content (AvgIpc) is 3.12. The number of urea groups is 1. The van der Waals surface area contributed by atoms with Crippen molar-refractivity contribution in [2.75, 3.05) is 13.7 Å². The van der Waals surface area contributed by atoms with Gasteiger partial charge in [-0.3, -0.25) is 0 Å². The lowest BCUT2D eigenvalue weighted by atomic mass is 9.92. The number of aryl methyl sites for hydroxylation is 2. The Bertz CT molecular complexity index is 1050. The number of rotatable bonds is 5. The summed E-state index contributed by atoms with van der Waals surface area (Å²) in [5, 5.41) is 3.14. The van der Waals surface area contributed by atoms with Crippen molar-refractivity contribution in [3.63, 3.8) is 0 Å². The van der Waals surface area contributed by atoms with E-state index in [2.05, 4.69) is 62.5 Å². The number of hydrogen-bond donors (Lipinski definition) is 1. The number of carbonyl (C=O) groups is 1. The molecule has 1 aromatic heterocycles. The molecule has 4 nitrogen and oxygen atoms in total. The highest BCUT2D eigenvalue weighted by Crippen LogP contribution is 2.43. The molecule has 5 heteroatoms. The Kier molecular flexibility index (Phi) is 6.33. The molecule has 2 heterocycles. The molecule has 162 valence electrons. The molecular formula is C26H30N2O2S. The summed E-state index contributed by atoms with van der Waals surface area (Å²) < 4.78 is 5.35. The molecule has 31 heavy (non-hydrogen) atoms. The summed E-state index contributed by atoms with van der Waals surface area (Å²) in [5.41, 5.74) is 6.35. The van der Waals surface area contributed by atoms with E-state index >= 15 is 0 Å². The van der Waals surface area contributed by atoms with Crippen LogP contribution in [0.1, 0.15) is 50.5 Å². The summed E-state index contributed by atoms with van der Waals surface area (Å²) >= 11 is 1.84. The van der Waals surface area contributed by atoms with E-state index in [1.807, 2.05) is 28.4 Å². The molecule has 1 aliphatic heterocycles. The first-order chi connectivity index (χ1) is 15.0. The van der Waals surface area contributed by atoms with Crippen LogP contribution in [0.3, 0.4) is 0 Å². The third kappa shape index (κ3) is 4.33. The van der Waals surface area contributed by atoms with E-state index in [4.69, 9.17) is 4.74 Å². The lowest BCUT2D eigenvalue weighted by Gasteiger charge is -2.36. The van der Waals surface area contributed by atoms with Crippen LogP contribution in [0, 0.1) is 13.8 Å². The van der Waals surface area contributed by atoms with Crippen LogP contribution in [0.4, 0.5) is 4.79 Å². The Balaban J connectivity index is 1.64. The molecule has 0 aliphatic carbocycles. The van der Waals surface area contributed by atoms with Crippen molar-refractivity contribution in [3.05, 3.63) is 86.1 Å². The third-order valence-corrected chi connectivity index (χ3v) is 7.36. The van der Waals surface area contributed by atoms with Gasteiger partial charge in [-0.05, 0) is 61.1 Å². The summed E-state index contributed by atoms with van der Waals surface area (Å²) in [6, 6.07) is 16.3. The lowest BCUT2D eigenvalue weighted by Crippen LogP contribution is -2.45. The molecule has 0 saturated carbocycles. The van der Waals surface area contributed by atoms with Crippen LogP contribution in [0.5, 0.6) is 5.75 Å². The van der Waals surface area contributed by atoms with Gasteiger partial charge in [-0.15, -0.1) is 11.3 Å². The van der Waals surface area contributed by atoms with Gasteiger partial charge in [-0.2, -0.15) is 0 Å². The van der Waals surface area contributed by atoms with Crippen molar-refractivity contribution in [1.82, 2.24) is 10.2 Å². The van der Waals surface area contributed by atoms with Crippen LogP contribution in [0.15, 0.2) is 48.5 Å². The van der Waals surface area contributed by atoms with Crippen molar-refractivity contribution in [2.45, 2.75) is 46.2 Å². The molecular weight excluding hydrogens is 404 g/mol. The highest BCUT2D eigenvalue weighted by Gasteiger charge is 2.35. The molecule has 1 atom stereocenters. The number of methoxy groups -OCH3 is 1. The Morgan fingerprint density at radius 2 is 1.84 bits per heavy atom. The van der Waals surface area contributed by atoms with Gasteiger partial charge in [-0.25, -0.2) is 4.79 Å². The van der Waals surface area contributed by atoms with Crippen molar-refractivity contribution in [3.8, 4) is 5.75 Å². The second kappa shape index (κ2) is 9.15. The second-order valence-corrected chi connectivity index (χ2v) is 9.35. The number of carbonyl (C=O) groups excluding carboxylic acids is 1. The molecule has 1 N–H and O–H groups in total. The molecule has 0 radical (unpaired) electrons. The fourth-order valence-corrected chi connectivity index (χ4v) is 5.87. The van der Waals surface area contributed by atoms with Crippen molar-refractivity contribution in [2.24, 2.45) is 0 Å². The lowest BCUT2D eigenvalue weighted by molar-refractivity contribution is 0.181. The zero-order valence-electron chi connectivity index (χ0n) is 18.7. The van der Waals surface area contributed by atoms with E-state index < -0.39 is 0 Å². The monoisotopic (exact) mass is 434 g/mol. The predicted molar refractivity (Wildman–Crippen MR) is 127 cm³/mol. The Morgan fingerprint density at radius 1 is 1.13 bits per heavy atom. The minimum atomic E-state index is -0.0725. The smallest absolute Gasteiger partial charge is 0.318 e. The highest BCUT2D eigenvalue weighted by molar-refractivity contribution is 7.12. The van der Waals surface area contributed by atoms with Gasteiger partial charge >= 0.3 is 6.03 Å². The van der Waals surface area contributed by atoms with Crippen molar-refractivity contribution < 1.29 is 9.53 Å². The molecule has 0 saturated heterocycles. The summed E-state index contributed by atoms with van der Waals surface area (Å²) in [4.78, 5) is 18.0. The molecule has 0 unspecified atom stereocenters. The normalized spacial score (nSPS) is 15.5. The largest absolute Gasteiger partial charge is 0.497 e. The molecule has 0 fully saturated rings. The molecule has 4 rings (SSSR count). The van der Waals surface area contributed by atoms with Crippen LogP contribution in [0.2, 0.25) is 0 Å². The first-order valence-electron chi connectivity index (χ1n) is 10.9. The number of hydrogen-bond acceptors (Lipinski definition) is 3. The minimum Gasteiger partial charge on any atom is -0.497 e. The predicted octanol–water partition coefficient (Wildman–Crippen LogP) is 5.79. The fraction of sp³-hybridized carbons (Fsp3) is 0.346. The summed E-state index contributed by atoms with van der Waals surface area (Å²) in [6.07, 6.45) is 1.94. The topological polar surface area (TPSA) is 41.6 Å². The van der Waals surface area contributed by atoms with E-state index in [0.29, 0.717) is 13.1 Å². The van der Waals surface area contributed by atoms with Crippen molar-refractivity contribution >= 4 is 17.4 Å². The van der Waals surface area contributed by atoms with E-state index in [-0.39, 0.29) is 12.1 Å². The Labute approximate surface area is 188 Å². The SMILES string of the molecule is CCc1c(C)sc2c1CCN(C(=O)NCc1ccc(C)cc1)[C@H]2c1ccc(OC)cc1. The fourth-order valence-electron chi connectivity index (χ4n) is 4.43. The quantitative estimate of drug-likeness (QED) is 0.552. The van der Waals surface area contributed by atoms with E-state index in [1.165, 1.54) is 26.4 Å². The summed E-state index contributed by atoms with van der Waals surface area (Å²) in [6.45, 7) is 7.74. The van der Waals surface area contributed by atoms with Gasteiger partial charge in [0.15, 0.2) is 0 Å². The molecule has 2 amide bonds. The molecule has 3 aromatic rings. The standard InChI is InChI=1S/C26H30N2O2S/c1-5-22-18(3)31-25-23(22)14-15-28(24(25)20-10-12-21(30-4)13-11-20)26(29)27-16-19-8-6-17(2)7-9-19/h6-13,24H,5,14-16H2,1-4H3,(H,27,29)/t24-/m0/s1. The number of thiophene rings is 1. The van der Waals surface area contributed by atoms with E-state index in [0.717, 1.165) is 29.7 Å². The highest BCUT2D eigenvalue weighted by atomic mass is 32.1. The van der Waals surface area contributed by atoms with E-state index in [1.54, 1.807) is 7.11 Å². The van der Waals surface area contributed by atoms with Gasteiger partial charge in [0.05, 0.1) is 13.2 Å². The van der Waals surface area contributed by atoms with Crippen molar-refractivity contribution in [1.29, 1.82) is 0 Å². The zero-order chi connectivity index (χ0) is 22.0. The molecule has 0 spiro atoms. The van der Waals surface area contributed by atoms with Gasteiger partial charge in [-0.1, -0.05) is 48.9 Å². The first-order valence-corrected chi connectivity index (χ1v) is 11.7. The van der Waals surface area contributed by atoms with Gasteiger partial charge in [0.2, 0.25) is 0 Å². The van der Waals surface area contributed by atoms with Crippen LogP contribution in [-0.4, -0.2) is 24.6 Å². The maximum atomic E-state index is 13.3. The Hall–Kier alpha value is -2.79. The number of fused-ring (bicyclic) bond motifs is 1. The molecule has 0 bridgehead atoms. The van der Waals surface area contributed by atoms with Gasteiger partial charge in [0, 0.05) is 22.8 Å². The number of nitrogens with zero attached hydrogens (tertiary/aromatic N) is 1. The maximum absolute atomic E-state index is 13.3. The van der Waals surface area contributed by atoms with Gasteiger partial charge < -0.3 is 15.0 Å². The number of nitrogens with one attached hydrogen (secondary N) is 1. The molecule has 1 aliphatic rings. The maximum Gasteiger partial charge on any atom is 0.318 e. The Morgan fingerprint density at radius 3 is 2.48 bits per heavy atom. The second-order valence-electron chi connectivity index (χ2n) is 8.10. The van der Waals surface area contributed by atoms with Gasteiger partial charge in [0.1, 0.15) is 5.75 Å². The zero-order valence-corrected chi connectivity index (χ0v) is 19.5. The number of ether oxygens (including phenoxy) is 1.